The summed E-state index contributed by atoms with van der Waals surface area (Å²) in [7, 11) is 0. The maximum absolute atomic E-state index is 11.4. The summed E-state index contributed by atoms with van der Waals surface area (Å²) in [6.07, 6.45) is 3.38. The predicted molar refractivity (Wildman–Crippen MR) is 74.2 cm³/mol. The highest BCUT2D eigenvalue weighted by Crippen LogP contribution is 2.28. The first-order chi connectivity index (χ1) is 9.15. The summed E-state index contributed by atoms with van der Waals surface area (Å²) in [6.45, 7) is 1.78. The Balaban J connectivity index is 2.30. The van der Waals surface area contributed by atoms with Crippen molar-refractivity contribution in [1.82, 2.24) is 9.97 Å². The molecule has 0 radical (unpaired) electrons. The molecule has 0 fully saturated rings. The largest absolute Gasteiger partial charge is 0.508 e. The highest BCUT2D eigenvalue weighted by atomic mass is 16.3. The van der Waals surface area contributed by atoms with Gasteiger partial charge in [-0.25, -0.2) is 0 Å². The van der Waals surface area contributed by atoms with E-state index >= 15 is 0 Å². The summed E-state index contributed by atoms with van der Waals surface area (Å²) < 4.78 is 0. The third kappa shape index (κ3) is 1.97. The van der Waals surface area contributed by atoms with Gasteiger partial charge in [0.1, 0.15) is 5.75 Å². The molecule has 0 saturated heterocycles. The number of aromatic hydroxyl groups is 1. The number of benzene rings is 1. The van der Waals surface area contributed by atoms with E-state index in [1.165, 1.54) is 0 Å². The van der Waals surface area contributed by atoms with E-state index in [2.05, 4.69) is 9.97 Å². The second-order valence-electron chi connectivity index (χ2n) is 4.46. The fourth-order valence-electron chi connectivity index (χ4n) is 2.14. The smallest absolute Gasteiger partial charge is 0.250 e. The molecule has 2 heterocycles. The van der Waals surface area contributed by atoms with Gasteiger partial charge in [-0.1, -0.05) is 0 Å². The van der Waals surface area contributed by atoms with Gasteiger partial charge in [0, 0.05) is 29.4 Å². The van der Waals surface area contributed by atoms with Gasteiger partial charge in [-0.05, 0) is 42.3 Å². The van der Waals surface area contributed by atoms with Crippen molar-refractivity contribution in [3.8, 4) is 16.9 Å². The topological polar surface area (TPSA) is 66.0 Å². The number of aromatic amines is 1. The van der Waals surface area contributed by atoms with Gasteiger partial charge in [0.05, 0.1) is 5.52 Å². The Hall–Kier alpha value is -2.62. The van der Waals surface area contributed by atoms with Crippen molar-refractivity contribution < 1.29 is 5.11 Å². The Labute approximate surface area is 109 Å². The minimum absolute atomic E-state index is 0.0836. The number of rotatable bonds is 1. The molecule has 94 valence electrons. The first-order valence-corrected chi connectivity index (χ1v) is 5.92. The van der Waals surface area contributed by atoms with Crippen molar-refractivity contribution in [2.45, 2.75) is 6.92 Å². The van der Waals surface area contributed by atoms with Crippen molar-refractivity contribution in [3.05, 3.63) is 58.6 Å². The van der Waals surface area contributed by atoms with Crippen LogP contribution < -0.4 is 5.56 Å². The van der Waals surface area contributed by atoms with Crippen LogP contribution in [-0.4, -0.2) is 15.1 Å². The predicted octanol–water partition coefficient (Wildman–Crippen LogP) is 2.60. The molecular weight excluding hydrogens is 240 g/mol. The second-order valence-corrected chi connectivity index (χ2v) is 4.46. The van der Waals surface area contributed by atoms with E-state index in [0.717, 1.165) is 22.0 Å². The first kappa shape index (κ1) is 11.5. The van der Waals surface area contributed by atoms with Crippen LogP contribution in [0.1, 0.15) is 5.56 Å². The lowest BCUT2D eigenvalue weighted by molar-refractivity contribution is 0.476. The summed E-state index contributed by atoms with van der Waals surface area (Å²) in [6, 6.07) is 8.82. The van der Waals surface area contributed by atoms with Gasteiger partial charge in [-0.3, -0.25) is 9.78 Å². The van der Waals surface area contributed by atoms with E-state index in [9.17, 15) is 9.90 Å². The number of H-pyrrole nitrogens is 1. The number of nitrogens with one attached hydrogen (secondary N) is 1. The van der Waals surface area contributed by atoms with Crippen LogP contribution in [0.15, 0.2) is 47.5 Å². The summed E-state index contributed by atoms with van der Waals surface area (Å²) in [4.78, 5) is 18.4. The van der Waals surface area contributed by atoms with Gasteiger partial charge in [0.2, 0.25) is 0 Å². The van der Waals surface area contributed by atoms with E-state index in [1.807, 2.05) is 18.2 Å². The van der Waals surface area contributed by atoms with E-state index < -0.39 is 0 Å². The van der Waals surface area contributed by atoms with Gasteiger partial charge in [0.15, 0.2) is 0 Å². The Bertz CT molecular complexity index is 822. The normalized spacial score (nSPS) is 10.8. The Morgan fingerprint density at radius 2 is 2.05 bits per heavy atom. The molecule has 0 spiro atoms. The van der Waals surface area contributed by atoms with Gasteiger partial charge >= 0.3 is 0 Å². The lowest BCUT2D eigenvalue weighted by Gasteiger charge is -2.07. The highest BCUT2D eigenvalue weighted by Gasteiger charge is 2.06. The van der Waals surface area contributed by atoms with Gasteiger partial charge in [0.25, 0.3) is 5.56 Å². The summed E-state index contributed by atoms with van der Waals surface area (Å²) in [5.41, 5.74) is 3.21. The zero-order chi connectivity index (χ0) is 13.4. The molecule has 0 aliphatic rings. The minimum Gasteiger partial charge on any atom is -0.508 e. The molecule has 3 aromatic rings. The van der Waals surface area contributed by atoms with Crippen LogP contribution >= 0.6 is 0 Å². The van der Waals surface area contributed by atoms with E-state index in [4.69, 9.17) is 0 Å². The first-order valence-electron chi connectivity index (χ1n) is 5.92. The highest BCUT2D eigenvalue weighted by molar-refractivity contribution is 5.94. The molecule has 4 nitrogen and oxygen atoms in total. The fourth-order valence-corrected chi connectivity index (χ4v) is 2.14. The zero-order valence-electron chi connectivity index (χ0n) is 10.3. The van der Waals surface area contributed by atoms with E-state index in [-0.39, 0.29) is 11.3 Å². The SMILES string of the molecule is Cc1cc(-c2ccnc3cc(O)ccc23)c[nH]c1=O. The maximum Gasteiger partial charge on any atom is 0.250 e. The number of pyridine rings is 2. The summed E-state index contributed by atoms with van der Waals surface area (Å²) >= 11 is 0. The van der Waals surface area contributed by atoms with Crippen molar-refractivity contribution in [2.75, 3.05) is 0 Å². The van der Waals surface area contributed by atoms with Crippen molar-refractivity contribution in [1.29, 1.82) is 0 Å². The van der Waals surface area contributed by atoms with Crippen LogP contribution in [0.5, 0.6) is 5.75 Å². The Kier molecular flexibility index (Phi) is 2.56. The maximum atomic E-state index is 11.4. The quantitative estimate of drug-likeness (QED) is 0.699. The number of hydrogen-bond acceptors (Lipinski definition) is 3. The molecule has 2 N–H and O–H groups in total. The van der Waals surface area contributed by atoms with Gasteiger partial charge in [-0.15, -0.1) is 0 Å². The van der Waals surface area contributed by atoms with Crippen LogP contribution in [0.4, 0.5) is 0 Å². The van der Waals surface area contributed by atoms with Gasteiger partial charge in [-0.2, -0.15) is 0 Å². The molecule has 4 heteroatoms. The molecule has 0 aliphatic carbocycles. The van der Waals surface area contributed by atoms with Crippen LogP contribution in [0.2, 0.25) is 0 Å². The Morgan fingerprint density at radius 3 is 2.84 bits per heavy atom. The average Bonchev–Trinajstić information content (AvgIpc) is 2.41. The molecule has 2 aromatic heterocycles. The Morgan fingerprint density at radius 1 is 1.21 bits per heavy atom. The zero-order valence-corrected chi connectivity index (χ0v) is 10.3. The molecule has 19 heavy (non-hydrogen) atoms. The molecule has 0 amide bonds. The fraction of sp³-hybridized carbons (Fsp3) is 0.0667. The lowest BCUT2D eigenvalue weighted by atomic mass is 10.0. The number of phenols is 1. The number of phenolic OH excluding ortho intramolecular Hbond substituents is 1. The monoisotopic (exact) mass is 252 g/mol. The van der Waals surface area contributed by atoms with Crippen LogP contribution in [0, 0.1) is 6.92 Å². The number of hydrogen-bond donors (Lipinski definition) is 2. The molecule has 0 saturated carbocycles. The number of aryl methyl sites for hydroxylation is 1. The van der Waals surface area contributed by atoms with Crippen LogP contribution in [0.3, 0.4) is 0 Å². The molecule has 1 aromatic carbocycles. The standard InChI is InChI=1S/C15H12N2O2/c1-9-6-10(8-17-15(9)19)12-4-5-16-14-7-11(18)2-3-13(12)14/h2-8,18H,1H3,(H,17,19). The molecule has 0 unspecified atom stereocenters. The lowest BCUT2D eigenvalue weighted by Crippen LogP contribution is -2.07. The van der Waals surface area contributed by atoms with Crippen molar-refractivity contribution in [2.24, 2.45) is 0 Å². The van der Waals surface area contributed by atoms with Crippen molar-refractivity contribution >= 4 is 10.9 Å². The minimum atomic E-state index is -0.0836. The van der Waals surface area contributed by atoms with Gasteiger partial charge < -0.3 is 10.1 Å². The van der Waals surface area contributed by atoms with Crippen molar-refractivity contribution in [3.63, 3.8) is 0 Å². The molecular formula is C15H12N2O2. The molecule has 0 atom stereocenters. The number of fused-ring (bicyclic) bond motifs is 1. The third-order valence-electron chi connectivity index (χ3n) is 3.13. The number of aromatic nitrogens is 2. The third-order valence-corrected chi connectivity index (χ3v) is 3.13. The molecule has 0 aliphatic heterocycles. The second kappa shape index (κ2) is 4.24. The molecule has 3 rings (SSSR count). The summed E-state index contributed by atoms with van der Waals surface area (Å²) in [5, 5.41) is 10.4. The van der Waals surface area contributed by atoms with E-state index in [1.54, 1.807) is 31.5 Å². The molecule has 0 bridgehead atoms. The average molecular weight is 252 g/mol. The van der Waals surface area contributed by atoms with Crippen LogP contribution in [0.25, 0.3) is 22.0 Å². The van der Waals surface area contributed by atoms with E-state index in [0.29, 0.717) is 5.56 Å². The summed E-state index contributed by atoms with van der Waals surface area (Å²) in [5.74, 6) is 0.190. The van der Waals surface area contributed by atoms with Crippen LogP contribution in [-0.2, 0) is 0 Å². The number of nitrogens with zero attached hydrogens (tertiary/aromatic N) is 1.